The molecule has 2 aromatic heterocycles. The van der Waals surface area contributed by atoms with Gasteiger partial charge in [-0.15, -0.1) is 22.7 Å². The molecule has 13 rings (SSSR count). The fourth-order valence-corrected chi connectivity index (χ4v) is 12.3. The highest BCUT2D eigenvalue weighted by atomic mass is 32.1. The second kappa shape index (κ2) is 16.9. The highest BCUT2D eigenvalue weighted by molar-refractivity contribution is 7.26. The van der Waals surface area contributed by atoms with E-state index in [-0.39, 0.29) is 0 Å². The Hall–Kier alpha value is -8.28. The molecule has 4 heteroatoms. The van der Waals surface area contributed by atoms with E-state index in [0.717, 1.165) is 45.3 Å². The van der Waals surface area contributed by atoms with Gasteiger partial charge in [0.05, 0.1) is 11.4 Å². The molecule has 2 heterocycles. The van der Waals surface area contributed by atoms with E-state index >= 15 is 0 Å². The SMILES string of the molecule is c1ccc(-c2ccc(N(c3ccc4c(c3)sc3cc(-c5ccccc5)ccc34)c3ccccc3-c3cccc(N(c4ccc5c(c4)sc4ccccc45)c4cccc5ccccc45)c3)cc2)cc1. The second-order valence-corrected chi connectivity index (χ2v) is 19.5. The summed E-state index contributed by atoms with van der Waals surface area (Å²) in [5, 5.41) is 7.57. The molecular formula is C64H42N2S2. The number of hydrogen-bond acceptors (Lipinski definition) is 4. The third kappa shape index (κ3) is 7.10. The van der Waals surface area contributed by atoms with Crippen molar-refractivity contribution in [2.75, 3.05) is 9.80 Å². The summed E-state index contributed by atoms with van der Waals surface area (Å²) in [6, 6.07) is 93.2. The van der Waals surface area contributed by atoms with Crippen molar-refractivity contribution >= 4 is 108 Å². The zero-order valence-corrected chi connectivity index (χ0v) is 38.6. The molecule has 0 bridgehead atoms. The molecule has 0 N–H and O–H groups in total. The molecule has 0 spiro atoms. The second-order valence-electron chi connectivity index (χ2n) is 17.3. The van der Waals surface area contributed by atoms with E-state index in [2.05, 4.69) is 265 Å². The number of fused-ring (bicyclic) bond motifs is 7. The van der Waals surface area contributed by atoms with Gasteiger partial charge in [0.15, 0.2) is 0 Å². The van der Waals surface area contributed by atoms with Crippen LogP contribution in [0.25, 0.3) is 84.5 Å². The van der Waals surface area contributed by atoms with Gasteiger partial charge in [0.25, 0.3) is 0 Å². The molecule has 0 atom stereocenters. The summed E-state index contributed by atoms with van der Waals surface area (Å²) < 4.78 is 5.13. The standard InChI is InChI=1S/C64H42N2S2/c1-3-15-43(16-4-1)45-29-32-49(33-30-45)65(51-34-38-58-56-36-31-47(44-17-5-2-6-18-44)40-62(56)68-64(58)41-51)59-26-11-9-24-54(59)48-21-13-22-50(39-48)66(60-27-14-20-46-19-7-8-23-53(46)60)52-35-37-57-55-25-10-12-28-61(55)67-63(57)42-52/h1-42H. The van der Waals surface area contributed by atoms with Crippen molar-refractivity contribution in [1.29, 1.82) is 0 Å². The highest BCUT2D eigenvalue weighted by Crippen LogP contribution is 2.47. The number of rotatable bonds is 9. The van der Waals surface area contributed by atoms with Gasteiger partial charge < -0.3 is 9.80 Å². The molecule has 320 valence electrons. The lowest BCUT2D eigenvalue weighted by molar-refractivity contribution is 1.28. The van der Waals surface area contributed by atoms with Gasteiger partial charge in [-0.1, -0.05) is 182 Å². The summed E-state index contributed by atoms with van der Waals surface area (Å²) in [7, 11) is 0. The number of thiophene rings is 2. The van der Waals surface area contributed by atoms with Crippen LogP contribution >= 0.6 is 22.7 Å². The molecule has 0 unspecified atom stereocenters. The normalized spacial score (nSPS) is 11.5. The Bertz CT molecular complexity index is 3980. The lowest BCUT2D eigenvalue weighted by Crippen LogP contribution is -2.12. The Morgan fingerprint density at radius 3 is 1.44 bits per heavy atom. The van der Waals surface area contributed by atoms with Crippen molar-refractivity contribution in [2.45, 2.75) is 0 Å². The molecule has 68 heavy (non-hydrogen) atoms. The van der Waals surface area contributed by atoms with Crippen LogP contribution in [-0.2, 0) is 0 Å². The van der Waals surface area contributed by atoms with E-state index in [4.69, 9.17) is 0 Å². The maximum absolute atomic E-state index is 2.44. The van der Waals surface area contributed by atoms with E-state index in [1.165, 1.54) is 73.4 Å². The van der Waals surface area contributed by atoms with Gasteiger partial charge >= 0.3 is 0 Å². The monoisotopic (exact) mass is 902 g/mol. The van der Waals surface area contributed by atoms with E-state index in [9.17, 15) is 0 Å². The maximum atomic E-state index is 2.44. The van der Waals surface area contributed by atoms with Crippen LogP contribution in [-0.4, -0.2) is 0 Å². The minimum Gasteiger partial charge on any atom is -0.310 e. The van der Waals surface area contributed by atoms with Crippen LogP contribution in [0, 0.1) is 0 Å². The van der Waals surface area contributed by atoms with Gasteiger partial charge in [0, 0.05) is 74.0 Å². The molecular weight excluding hydrogens is 861 g/mol. The first kappa shape index (κ1) is 40.0. The third-order valence-corrected chi connectivity index (χ3v) is 15.5. The van der Waals surface area contributed by atoms with E-state index in [1.807, 2.05) is 22.7 Å². The maximum Gasteiger partial charge on any atom is 0.0540 e. The predicted octanol–water partition coefficient (Wildman–Crippen LogP) is 19.5. The molecule has 0 saturated carbocycles. The van der Waals surface area contributed by atoms with Crippen LogP contribution in [0.5, 0.6) is 0 Å². The van der Waals surface area contributed by atoms with Crippen molar-refractivity contribution < 1.29 is 0 Å². The summed E-state index contributed by atoms with van der Waals surface area (Å²) in [4.78, 5) is 4.88. The number of nitrogens with zero attached hydrogens (tertiary/aromatic N) is 2. The van der Waals surface area contributed by atoms with Gasteiger partial charge in [0.2, 0.25) is 0 Å². The van der Waals surface area contributed by atoms with Crippen molar-refractivity contribution in [3.63, 3.8) is 0 Å². The Morgan fingerprint density at radius 2 is 0.691 bits per heavy atom. The predicted molar refractivity (Wildman–Crippen MR) is 295 cm³/mol. The molecule has 0 aliphatic rings. The summed E-state index contributed by atoms with van der Waals surface area (Å²) >= 11 is 3.72. The van der Waals surface area contributed by atoms with Crippen molar-refractivity contribution in [2.24, 2.45) is 0 Å². The summed E-state index contributed by atoms with van der Waals surface area (Å²) in [6.07, 6.45) is 0. The fourth-order valence-electron chi connectivity index (χ4n) is 9.99. The van der Waals surface area contributed by atoms with Crippen LogP contribution in [0.1, 0.15) is 0 Å². The molecule has 0 aliphatic carbocycles. The van der Waals surface area contributed by atoms with Crippen molar-refractivity contribution in [1.82, 2.24) is 0 Å². The molecule has 0 fully saturated rings. The smallest absolute Gasteiger partial charge is 0.0540 e. The number of benzene rings is 11. The van der Waals surface area contributed by atoms with Gasteiger partial charge in [0.1, 0.15) is 0 Å². The van der Waals surface area contributed by atoms with Gasteiger partial charge in [-0.3, -0.25) is 0 Å². The average molecular weight is 903 g/mol. The van der Waals surface area contributed by atoms with Gasteiger partial charge in [-0.25, -0.2) is 0 Å². The van der Waals surface area contributed by atoms with Crippen molar-refractivity contribution in [3.8, 4) is 33.4 Å². The molecule has 2 nitrogen and oxygen atoms in total. The lowest BCUT2D eigenvalue weighted by Gasteiger charge is -2.29. The minimum atomic E-state index is 1.09. The Morgan fingerprint density at radius 1 is 0.235 bits per heavy atom. The Balaban J connectivity index is 0.968. The minimum absolute atomic E-state index is 1.09. The summed E-state index contributed by atoms with van der Waals surface area (Å²) in [5.74, 6) is 0. The number of hydrogen-bond donors (Lipinski definition) is 0. The van der Waals surface area contributed by atoms with Crippen LogP contribution < -0.4 is 9.80 Å². The molecule has 11 aromatic carbocycles. The number of para-hydroxylation sites is 1. The summed E-state index contributed by atoms with van der Waals surface area (Å²) in [6.45, 7) is 0. The zero-order valence-electron chi connectivity index (χ0n) is 37.0. The first-order valence-electron chi connectivity index (χ1n) is 23.1. The number of anilines is 6. The van der Waals surface area contributed by atoms with E-state index in [1.54, 1.807) is 0 Å². The van der Waals surface area contributed by atoms with Crippen LogP contribution in [0.2, 0.25) is 0 Å². The molecule has 0 amide bonds. The topological polar surface area (TPSA) is 6.48 Å². The molecule has 13 aromatic rings. The van der Waals surface area contributed by atoms with Crippen LogP contribution in [0.4, 0.5) is 34.1 Å². The fraction of sp³-hybridized carbons (Fsp3) is 0. The first-order chi connectivity index (χ1) is 33.7. The quantitative estimate of drug-likeness (QED) is 0.142. The molecule has 0 saturated heterocycles. The van der Waals surface area contributed by atoms with Gasteiger partial charge in [-0.05, 0) is 106 Å². The van der Waals surface area contributed by atoms with Gasteiger partial charge in [-0.2, -0.15) is 0 Å². The van der Waals surface area contributed by atoms with Crippen LogP contribution in [0.15, 0.2) is 255 Å². The zero-order chi connectivity index (χ0) is 45.0. The first-order valence-corrected chi connectivity index (χ1v) is 24.7. The third-order valence-electron chi connectivity index (χ3n) is 13.2. The Labute approximate surface area is 403 Å². The van der Waals surface area contributed by atoms with Crippen LogP contribution in [0.3, 0.4) is 0 Å². The lowest BCUT2D eigenvalue weighted by atomic mass is 9.99. The van der Waals surface area contributed by atoms with E-state index < -0.39 is 0 Å². The Kier molecular flexibility index (Phi) is 9.93. The molecule has 0 radical (unpaired) electrons. The van der Waals surface area contributed by atoms with E-state index in [0.29, 0.717) is 0 Å². The van der Waals surface area contributed by atoms with Crippen molar-refractivity contribution in [3.05, 3.63) is 255 Å². The highest BCUT2D eigenvalue weighted by Gasteiger charge is 2.22. The average Bonchev–Trinajstić information content (AvgIpc) is 3.97. The molecule has 0 aliphatic heterocycles. The summed E-state index contributed by atoms with van der Waals surface area (Å²) in [5.41, 5.74) is 13.8. The largest absolute Gasteiger partial charge is 0.310 e.